The Kier molecular flexibility index (Phi) is 7.32. The van der Waals surface area contributed by atoms with E-state index >= 15 is 0 Å². The fraction of sp³-hybridized carbons (Fsp3) is 0.190. The number of rotatable bonds is 9. The van der Waals surface area contributed by atoms with Gasteiger partial charge >= 0.3 is 0 Å². The molecule has 3 aromatic rings. The van der Waals surface area contributed by atoms with Gasteiger partial charge in [0.05, 0.1) is 23.1 Å². The monoisotopic (exact) mass is 428 g/mol. The third-order valence-electron chi connectivity index (χ3n) is 3.94. The number of allylic oxidation sites excluding steroid dienone is 1. The maximum atomic E-state index is 12.5. The Balaban J connectivity index is 1.73. The van der Waals surface area contributed by atoms with Gasteiger partial charge in [0.1, 0.15) is 5.75 Å². The number of hydrogen-bond acceptors (Lipinski definition) is 5. The second-order valence-corrected chi connectivity index (χ2v) is 7.30. The number of nitrogens with one attached hydrogen (secondary N) is 1. The third-order valence-corrected chi connectivity index (χ3v) is 5.23. The van der Waals surface area contributed by atoms with Crippen LogP contribution in [0.25, 0.3) is 11.4 Å². The summed E-state index contributed by atoms with van der Waals surface area (Å²) in [6, 6.07) is 14.8. The van der Waals surface area contributed by atoms with Crippen molar-refractivity contribution in [1.29, 1.82) is 0 Å². The minimum atomic E-state index is -0.158. The van der Waals surface area contributed by atoms with Crippen molar-refractivity contribution in [1.82, 2.24) is 14.8 Å². The summed E-state index contributed by atoms with van der Waals surface area (Å²) in [6.07, 6.45) is 1.76. The van der Waals surface area contributed by atoms with Gasteiger partial charge in [-0.25, -0.2) is 0 Å². The highest BCUT2D eigenvalue weighted by atomic mass is 35.5. The first kappa shape index (κ1) is 21.0. The standard InChI is InChI=1S/C21H21ClN4O2S/c1-3-13-26-20(15-9-5-6-10-16(15)22)24-25-21(26)29-14-19(27)23-17-11-7-8-12-18(17)28-4-2/h3,5-12H,1,4,13-14H2,2H3,(H,23,27). The summed E-state index contributed by atoms with van der Waals surface area (Å²) in [7, 11) is 0. The minimum absolute atomic E-state index is 0.158. The van der Waals surface area contributed by atoms with Crippen LogP contribution in [0.2, 0.25) is 5.02 Å². The molecule has 0 fully saturated rings. The average molecular weight is 429 g/mol. The summed E-state index contributed by atoms with van der Waals surface area (Å²) in [5.41, 5.74) is 1.43. The zero-order valence-electron chi connectivity index (χ0n) is 16.0. The summed E-state index contributed by atoms with van der Waals surface area (Å²) in [5.74, 6) is 1.30. The van der Waals surface area contributed by atoms with Gasteiger partial charge in [-0.05, 0) is 31.2 Å². The number of nitrogens with zero attached hydrogens (tertiary/aromatic N) is 3. The van der Waals surface area contributed by atoms with Gasteiger partial charge in [-0.1, -0.05) is 53.7 Å². The highest BCUT2D eigenvalue weighted by molar-refractivity contribution is 7.99. The first-order valence-electron chi connectivity index (χ1n) is 9.07. The molecule has 3 rings (SSSR count). The Morgan fingerprint density at radius 2 is 2.00 bits per heavy atom. The van der Waals surface area contributed by atoms with Crippen molar-refractivity contribution in [3.63, 3.8) is 0 Å². The second-order valence-electron chi connectivity index (χ2n) is 5.95. The third kappa shape index (κ3) is 5.19. The van der Waals surface area contributed by atoms with Gasteiger partial charge in [0.2, 0.25) is 5.91 Å². The van der Waals surface area contributed by atoms with Crippen LogP contribution in [0, 0.1) is 0 Å². The van der Waals surface area contributed by atoms with Gasteiger partial charge in [-0.15, -0.1) is 16.8 Å². The van der Waals surface area contributed by atoms with Gasteiger partial charge in [0.15, 0.2) is 11.0 Å². The highest BCUT2D eigenvalue weighted by Gasteiger charge is 2.17. The first-order chi connectivity index (χ1) is 14.1. The van der Waals surface area contributed by atoms with Crippen LogP contribution in [-0.2, 0) is 11.3 Å². The highest BCUT2D eigenvalue weighted by Crippen LogP contribution is 2.29. The van der Waals surface area contributed by atoms with E-state index < -0.39 is 0 Å². The topological polar surface area (TPSA) is 69.0 Å². The Morgan fingerprint density at radius 1 is 1.24 bits per heavy atom. The van der Waals surface area contributed by atoms with Crippen molar-refractivity contribution < 1.29 is 9.53 Å². The zero-order chi connectivity index (χ0) is 20.6. The number of carbonyl (C=O) groups is 1. The van der Waals surface area contributed by atoms with Crippen molar-refractivity contribution in [2.75, 3.05) is 17.7 Å². The van der Waals surface area contributed by atoms with Crippen LogP contribution in [0.15, 0.2) is 66.3 Å². The van der Waals surface area contributed by atoms with E-state index in [9.17, 15) is 4.79 Å². The van der Waals surface area contributed by atoms with Crippen molar-refractivity contribution in [2.45, 2.75) is 18.6 Å². The molecule has 0 atom stereocenters. The number of para-hydroxylation sites is 2. The summed E-state index contributed by atoms with van der Waals surface area (Å²) in [5, 5.41) is 12.6. The van der Waals surface area contributed by atoms with E-state index in [1.807, 2.05) is 54.0 Å². The molecule has 8 heteroatoms. The number of hydrogen-bond donors (Lipinski definition) is 1. The van der Waals surface area contributed by atoms with E-state index in [0.717, 1.165) is 5.56 Å². The molecule has 6 nitrogen and oxygen atoms in total. The molecular formula is C21H21ClN4O2S. The van der Waals surface area contributed by atoms with Gasteiger partial charge in [0, 0.05) is 12.1 Å². The quantitative estimate of drug-likeness (QED) is 0.387. The molecule has 1 amide bonds. The van der Waals surface area contributed by atoms with Crippen molar-refractivity contribution in [3.8, 4) is 17.1 Å². The molecule has 0 spiro atoms. The Hall–Kier alpha value is -2.77. The molecule has 0 unspecified atom stereocenters. The van der Waals surface area contributed by atoms with Crippen molar-refractivity contribution >= 4 is 35.0 Å². The number of anilines is 1. The Morgan fingerprint density at radius 3 is 2.76 bits per heavy atom. The average Bonchev–Trinajstić information content (AvgIpc) is 3.11. The van der Waals surface area contributed by atoms with Gasteiger partial charge < -0.3 is 10.1 Å². The van der Waals surface area contributed by atoms with E-state index in [0.29, 0.717) is 40.6 Å². The molecule has 1 aromatic heterocycles. The molecule has 150 valence electrons. The van der Waals surface area contributed by atoms with Crippen LogP contribution in [-0.4, -0.2) is 33.0 Å². The van der Waals surface area contributed by atoms with Gasteiger partial charge in [-0.3, -0.25) is 9.36 Å². The molecule has 0 bridgehead atoms. The van der Waals surface area contributed by atoms with Crippen LogP contribution in [0.3, 0.4) is 0 Å². The summed E-state index contributed by atoms with van der Waals surface area (Å²) < 4.78 is 7.43. The van der Waals surface area contributed by atoms with Crippen LogP contribution >= 0.6 is 23.4 Å². The maximum Gasteiger partial charge on any atom is 0.234 e. The molecule has 1 N–H and O–H groups in total. The number of thioether (sulfide) groups is 1. The SMILES string of the molecule is C=CCn1c(SCC(=O)Nc2ccccc2OCC)nnc1-c1ccccc1Cl. The normalized spacial score (nSPS) is 10.6. The summed E-state index contributed by atoms with van der Waals surface area (Å²) in [4.78, 5) is 12.5. The van der Waals surface area contributed by atoms with Crippen molar-refractivity contribution in [3.05, 3.63) is 66.2 Å². The van der Waals surface area contributed by atoms with Gasteiger partial charge in [-0.2, -0.15) is 0 Å². The molecule has 2 aromatic carbocycles. The van der Waals surface area contributed by atoms with Crippen LogP contribution in [0.5, 0.6) is 5.75 Å². The number of halogens is 1. The van der Waals surface area contributed by atoms with E-state index in [2.05, 4.69) is 22.1 Å². The number of aromatic nitrogens is 3. The van der Waals surface area contributed by atoms with Crippen LogP contribution in [0.1, 0.15) is 6.92 Å². The molecule has 0 saturated carbocycles. The minimum Gasteiger partial charge on any atom is -0.492 e. The molecule has 1 heterocycles. The van der Waals surface area contributed by atoms with E-state index in [1.54, 1.807) is 12.1 Å². The summed E-state index contributed by atoms with van der Waals surface area (Å²) in [6.45, 7) is 6.73. The van der Waals surface area contributed by atoms with E-state index in [4.69, 9.17) is 16.3 Å². The fourth-order valence-corrected chi connectivity index (χ4v) is 3.67. The molecule has 29 heavy (non-hydrogen) atoms. The van der Waals surface area contributed by atoms with Crippen LogP contribution < -0.4 is 10.1 Å². The Labute approximate surface area is 178 Å². The number of ether oxygens (including phenoxy) is 1. The summed E-state index contributed by atoms with van der Waals surface area (Å²) >= 11 is 7.61. The van der Waals surface area contributed by atoms with Crippen molar-refractivity contribution in [2.24, 2.45) is 0 Å². The molecule has 0 aliphatic rings. The molecule has 0 aliphatic carbocycles. The lowest BCUT2D eigenvalue weighted by Gasteiger charge is -2.11. The molecule has 0 saturated heterocycles. The zero-order valence-corrected chi connectivity index (χ0v) is 17.5. The lowest BCUT2D eigenvalue weighted by Crippen LogP contribution is -2.15. The lowest BCUT2D eigenvalue weighted by atomic mass is 10.2. The lowest BCUT2D eigenvalue weighted by molar-refractivity contribution is -0.113. The largest absolute Gasteiger partial charge is 0.492 e. The maximum absolute atomic E-state index is 12.5. The number of carbonyl (C=O) groups excluding carboxylic acids is 1. The predicted octanol–water partition coefficient (Wildman–Crippen LogP) is 4.91. The molecule has 0 aliphatic heterocycles. The first-order valence-corrected chi connectivity index (χ1v) is 10.4. The smallest absolute Gasteiger partial charge is 0.234 e. The Bertz CT molecular complexity index is 1010. The number of amides is 1. The van der Waals surface area contributed by atoms with Crippen LogP contribution in [0.4, 0.5) is 5.69 Å². The van der Waals surface area contributed by atoms with E-state index in [1.165, 1.54) is 11.8 Å². The second kappa shape index (κ2) is 10.1. The fourth-order valence-electron chi connectivity index (χ4n) is 2.70. The number of benzene rings is 2. The van der Waals surface area contributed by atoms with E-state index in [-0.39, 0.29) is 11.7 Å². The molecular weight excluding hydrogens is 408 g/mol. The molecule has 0 radical (unpaired) electrons. The van der Waals surface area contributed by atoms with Gasteiger partial charge in [0.25, 0.3) is 0 Å². The predicted molar refractivity (Wildman–Crippen MR) is 118 cm³/mol.